The van der Waals surface area contributed by atoms with Gasteiger partial charge in [-0.3, -0.25) is 9.59 Å². The molecule has 0 bridgehead atoms. The molecule has 3 aliphatic rings. The highest BCUT2D eigenvalue weighted by Crippen LogP contribution is 2.47. The van der Waals surface area contributed by atoms with Gasteiger partial charge in [-0.15, -0.1) is 0 Å². The zero-order valence-corrected chi connectivity index (χ0v) is 23.7. The molecule has 4 unspecified atom stereocenters. The zero-order valence-electron chi connectivity index (χ0n) is 23.7. The zero-order chi connectivity index (χ0) is 27.6. The van der Waals surface area contributed by atoms with Crippen molar-refractivity contribution in [3.8, 4) is 5.75 Å². The second-order valence-electron chi connectivity index (χ2n) is 11.5. The summed E-state index contributed by atoms with van der Waals surface area (Å²) in [5.41, 5.74) is 1.38. The van der Waals surface area contributed by atoms with Gasteiger partial charge in [0.2, 0.25) is 11.8 Å². The first-order valence-corrected chi connectivity index (χ1v) is 15.4. The maximum atomic E-state index is 13.8. The number of nitrogens with one attached hydrogen (secondary N) is 1. The van der Waals surface area contributed by atoms with Crippen LogP contribution in [0.3, 0.4) is 0 Å². The van der Waals surface area contributed by atoms with Crippen LogP contribution in [0.1, 0.15) is 108 Å². The van der Waals surface area contributed by atoms with Crippen molar-refractivity contribution in [1.29, 1.82) is 0 Å². The van der Waals surface area contributed by atoms with Crippen LogP contribution in [-0.2, 0) is 9.59 Å². The number of aliphatic hydroxyl groups is 2. The van der Waals surface area contributed by atoms with Crippen LogP contribution < -0.4 is 10.1 Å². The lowest BCUT2D eigenvalue weighted by Crippen LogP contribution is -2.58. The van der Waals surface area contributed by atoms with Crippen LogP contribution in [0.4, 0.5) is 0 Å². The van der Waals surface area contributed by atoms with Gasteiger partial charge in [-0.1, -0.05) is 89.3 Å². The van der Waals surface area contributed by atoms with E-state index in [4.69, 9.17) is 4.74 Å². The molecule has 216 valence electrons. The fourth-order valence-electron chi connectivity index (χ4n) is 6.67. The lowest BCUT2D eigenvalue weighted by molar-refractivity contribution is -0.140. The van der Waals surface area contributed by atoms with Gasteiger partial charge < -0.3 is 25.2 Å². The van der Waals surface area contributed by atoms with Crippen molar-refractivity contribution < 1.29 is 24.5 Å². The predicted octanol–water partition coefficient (Wildman–Crippen LogP) is 5.00. The van der Waals surface area contributed by atoms with Crippen molar-refractivity contribution in [1.82, 2.24) is 10.2 Å². The quantitative estimate of drug-likeness (QED) is 0.272. The summed E-state index contributed by atoms with van der Waals surface area (Å²) in [5.74, 6) is 0.0359. The molecule has 7 heteroatoms. The number of hydrogen-bond acceptors (Lipinski definition) is 5. The molecule has 2 amide bonds. The van der Waals surface area contributed by atoms with Crippen molar-refractivity contribution in [2.75, 3.05) is 13.2 Å². The molecule has 0 aromatic heterocycles. The van der Waals surface area contributed by atoms with Crippen molar-refractivity contribution in [3.63, 3.8) is 0 Å². The lowest BCUT2D eigenvalue weighted by atomic mass is 9.77. The van der Waals surface area contributed by atoms with Gasteiger partial charge in [0.1, 0.15) is 18.0 Å². The first-order valence-electron chi connectivity index (χ1n) is 15.4. The summed E-state index contributed by atoms with van der Waals surface area (Å²) in [7, 11) is 0. The van der Waals surface area contributed by atoms with Gasteiger partial charge in [0, 0.05) is 30.1 Å². The molecule has 0 radical (unpaired) electrons. The van der Waals surface area contributed by atoms with E-state index >= 15 is 0 Å². The Morgan fingerprint density at radius 3 is 2.36 bits per heavy atom. The number of amides is 2. The molecule has 1 saturated carbocycles. The summed E-state index contributed by atoms with van der Waals surface area (Å²) in [6.45, 7) is 2.23. The monoisotopic (exact) mass is 540 g/mol. The largest absolute Gasteiger partial charge is 0.486 e. The Balaban J connectivity index is 1.48. The van der Waals surface area contributed by atoms with Gasteiger partial charge in [-0.05, 0) is 31.4 Å². The molecule has 1 fully saturated rings. The molecule has 1 aliphatic heterocycles. The van der Waals surface area contributed by atoms with Crippen molar-refractivity contribution in [2.45, 2.75) is 127 Å². The molecular formula is C32H48N2O5. The Morgan fingerprint density at radius 1 is 1.00 bits per heavy atom. The van der Waals surface area contributed by atoms with Crippen molar-refractivity contribution in [2.24, 2.45) is 0 Å². The molecule has 3 N–H and O–H groups in total. The third-order valence-electron chi connectivity index (χ3n) is 8.70. The highest BCUT2D eigenvalue weighted by Gasteiger charge is 2.51. The number of rotatable bonds is 15. The Labute approximate surface area is 234 Å². The Kier molecular flexibility index (Phi) is 11.3. The van der Waals surface area contributed by atoms with E-state index in [1.807, 2.05) is 35.2 Å². The number of para-hydroxylation sites is 1. The minimum absolute atomic E-state index is 0.0639. The number of carbonyl (C=O) groups is 2. The van der Waals surface area contributed by atoms with Crippen LogP contribution in [0.15, 0.2) is 35.9 Å². The molecule has 1 aromatic carbocycles. The molecule has 4 atom stereocenters. The summed E-state index contributed by atoms with van der Waals surface area (Å²) in [4.78, 5) is 28.9. The number of nitrogens with zero attached hydrogens (tertiary/aromatic N) is 1. The maximum Gasteiger partial charge on any atom is 0.247 e. The first kappa shape index (κ1) is 29.6. The Bertz CT molecular complexity index is 973. The first-order chi connectivity index (χ1) is 19.1. The summed E-state index contributed by atoms with van der Waals surface area (Å²) in [6, 6.07) is 7.03. The van der Waals surface area contributed by atoms with Gasteiger partial charge in [-0.25, -0.2) is 0 Å². The standard InChI is InChI=1S/C32H48N2O5/c1-2-3-4-5-6-7-8-9-10-19-28(36)34(23-15-11-12-16-23)26-22-25(32(38)33-20-21-35)29-24-17-13-14-18-27(24)39-31(29)30(26)37/h13-14,17-18,22-23,26,29-31,35,37H,2-12,15-16,19-21H2,1H3,(H,33,38). The number of hydrogen-bond donors (Lipinski definition) is 3. The van der Waals surface area contributed by atoms with E-state index in [0.29, 0.717) is 17.7 Å². The predicted molar refractivity (Wildman–Crippen MR) is 153 cm³/mol. The average Bonchev–Trinajstić information content (AvgIpc) is 3.61. The number of ether oxygens (including phenoxy) is 1. The number of aliphatic hydroxyl groups excluding tert-OH is 2. The second-order valence-corrected chi connectivity index (χ2v) is 11.5. The van der Waals surface area contributed by atoms with Gasteiger partial charge in [0.05, 0.1) is 18.6 Å². The smallest absolute Gasteiger partial charge is 0.247 e. The molecule has 4 rings (SSSR count). The molecule has 1 aromatic rings. The van der Waals surface area contributed by atoms with Crippen LogP contribution in [0.2, 0.25) is 0 Å². The molecule has 39 heavy (non-hydrogen) atoms. The minimum Gasteiger partial charge on any atom is -0.486 e. The van der Waals surface area contributed by atoms with Gasteiger partial charge in [0.15, 0.2) is 0 Å². The van der Waals surface area contributed by atoms with E-state index in [1.54, 1.807) is 0 Å². The van der Waals surface area contributed by atoms with Crippen LogP contribution >= 0.6 is 0 Å². The van der Waals surface area contributed by atoms with E-state index in [0.717, 1.165) is 50.5 Å². The summed E-state index contributed by atoms with van der Waals surface area (Å²) in [6.07, 6.45) is 15.4. The number of unbranched alkanes of at least 4 members (excludes halogenated alkanes) is 8. The molecule has 0 spiro atoms. The lowest BCUT2D eigenvalue weighted by Gasteiger charge is -2.43. The summed E-state index contributed by atoms with van der Waals surface area (Å²) >= 11 is 0. The van der Waals surface area contributed by atoms with E-state index in [2.05, 4.69) is 12.2 Å². The van der Waals surface area contributed by atoms with Gasteiger partial charge >= 0.3 is 0 Å². The van der Waals surface area contributed by atoms with Crippen LogP contribution in [0.5, 0.6) is 5.75 Å². The minimum atomic E-state index is -0.940. The van der Waals surface area contributed by atoms with Crippen LogP contribution in [-0.4, -0.2) is 64.4 Å². The number of benzene rings is 1. The third-order valence-corrected chi connectivity index (χ3v) is 8.70. The fraction of sp³-hybridized carbons (Fsp3) is 0.688. The van der Waals surface area contributed by atoms with E-state index < -0.39 is 24.2 Å². The van der Waals surface area contributed by atoms with Crippen molar-refractivity contribution >= 4 is 11.8 Å². The molecular weight excluding hydrogens is 492 g/mol. The van der Waals surface area contributed by atoms with Gasteiger partial charge in [-0.2, -0.15) is 0 Å². The number of fused-ring (bicyclic) bond motifs is 3. The third kappa shape index (κ3) is 7.23. The Morgan fingerprint density at radius 2 is 1.67 bits per heavy atom. The highest BCUT2D eigenvalue weighted by atomic mass is 16.5. The topological polar surface area (TPSA) is 99.1 Å². The van der Waals surface area contributed by atoms with Crippen LogP contribution in [0, 0.1) is 0 Å². The van der Waals surface area contributed by atoms with Gasteiger partial charge in [0.25, 0.3) is 0 Å². The highest BCUT2D eigenvalue weighted by molar-refractivity contribution is 5.96. The maximum absolute atomic E-state index is 13.8. The van der Waals surface area contributed by atoms with E-state index in [1.165, 1.54) is 38.5 Å². The second kappa shape index (κ2) is 14.8. The molecule has 2 aliphatic carbocycles. The number of carbonyl (C=O) groups excluding carboxylic acids is 2. The van der Waals surface area contributed by atoms with Crippen LogP contribution in [0.25, 0.3) is 0 Å². The molecule has 7 nitrogen and oxygen atoms in total. The molecule has 0 saturated heterocycles. The fourth-order valence-corrected chi connectivity index (χ4v) is 6.67. The Hall–Kier alpha value is -2.38. The summed E-state index contributed by atoms with van der Waals surface area (Å²) in [5, 5.41) is 23.7. The molecule has 1 heterocycles. The summed E-state index contributed by atoms with van der Waals surface area (Å²) < 4.78 is 6.23. The van der Waals surface area contributed by atoms with Crippen molar-refractivity contribution in [3.05, 3.63) is 41.5 Å². The average molecular weight is 541 g/mol. The van der Waals surface area contributed by atoms with E-state index in [-0.39, 0.29) is 31.0 Å². The van der Waals surface area contributed by atoms with E-state index in [9.17, 15) is 19.8 Å². The SMILES string of the molecule is CCCCCCCCCCCC(=O)N(C1CCCC1)C1C=C(C(=O)NCCO)C2c3ccccc3OC2C1O. The normalized spacial score (nSPS) is 24.0.